The molecule has 3 aromatic rings. The molecule has 0 spiro atoms. The molecule has 0 atom stereocenters. The molecule has 28 heavy (non-hydrogen) atoms. The topological polar surface area (TPSA) is 39.1 Å². The van der Waals surface area contributed by atoms with Crippen molar-refractivity contribution >= 4 is 5.82 Å². The van der Waals surface area contributed by atoms with Gasteiger partial charge in [0.2, 0.25) is 0 Å². The molecule has 0 saturated carbocycles. The Morgan fingerprint density at radius 1 is 1.00 bits per heavy atom. The van der Waals surface area contributed by atoms with E-state index in [4.69, 9.17) is 9.84 Å². The fourth-order valence-corrected chi connectivity index (χ4v) is 3.72. The van der Waals surface area contributed by atoms with Gasteiger partial charge in [-0.05, 0) is 49.1 Å². The zero-order chi connectivity index (χ0) is 19.6. The van der Waals surface area contributed by atoms with Gasteiger partial charge in [-0.2, -0.15) is 5.10 Å². The van der Waals surface area contributed by atoms with Crippen LogP contribution in [-0.4, -0.2) is 16.3 Å². The van der Waals surface area contributed by atoms with Crippen LogP contribution in [0.3, 0.4) is 0 Å². The minimum Gasteiger partial charge on any atom is -0.489 e. The van der Waals surface area contributed by atoms with Crippen molar-refractivity contribution in [1.29, 1.82) is 0 Å². The third kappa shape index (κ3) is 3.91. The number of ether oxygens (including phenoxy) is 1. The van der Waals surface area contributed by atoms with Gasteiger partial charge in [-0.3, -0.25) is 0 Å². The fourth-order valence-electron chi connectivity index (χ4n) is 3.72. The summed E-state index contributed by atoms with van der Waals surface area (Å²) in [5, 5.41) is 8.63. The number of fused-ring (bicyclic) bond motifs is 1. The summed E-state index contributed by atoms with van der Waals surface area (Å²) in [5.74, 6) is 2.02. The Labute approximate surface area is 167 Å². The molecule has 0 amide bonds. The number of nitrogens with one attached hydrogen (secondary N) is 1. The van der Waals surface area contributed by atoms with E-state index in [1.54, 1.807) is 0 Å². The normalized spacial score (nSPS) is 14.1. The Morgan fingerprint density at radius 3 is 2.46 bits per heavy atom. The summed E-state index contributed by atoms with van der Waals surface area (Å²) in [5.41, 5.74) is 4.83. The highest BCUT2D eigenvalue weighted by Gasteiger charge is 2.27. The number of hydrogen-bond acceptors (Lipinski definition) is 3. The van der Waals surface area contributed by atoms with Crippen molar-refractivity contribution < 1.29 is 4.74 Å². The monoisotopic (exact) mass is 375 g/mol. The molecule has 1 aliphatic heterocycles. The van der Waals surface area contributed by atoms with Crippen molar-refractivity contribution in [2.24, 2.45) is 0 Å². The first kappa shape index (κ1) is 18.6. The van der Waals surface area contributed by atoms with Crippen molar-refractivity contribution in [1.82, 2.24) is 9.78 Å². The molecule has 146 valence electrons. The maximum absolute atomic E-state index is 5.93. The Bertz CT molecular complexity index is 921. The van der Waals surface area contributed by atoms with E-state index < -0.39 is 0 Å². The molecule has 2 heterocycles. The third-order valence-electron chi connectivity index (χ3n) is 5.17. The van der Waals surface area contributed by atoms with Gasteiger partial charge in [0, 0.05) is 17.5 Å². The maximum Gasteiger partial charge on any atom is 0.133 e. The molecule has 1 aliphatic rings. The first-order valence-electron chi connectivity index (χ1n) is 10.2. The van der Waals surface area contributed by atoms with E-state index in [2.05, 4.69) is 55.0 Å². The second-order valence-corrected chi connectivity index (χ2v) is 8.49. The predicted octanol–water partition coefficient (Wildman–Crippen LogP) is 5.50. The van der Waals surface area contributed by atoms with Crippen molar-refractivity contribution in [3.05, 3.63) is 71.4 Å². The van der Waals surface area contributed by atoms with Crippen LogP contribution in [0.1, 0.15) is 50.4 Å². The van der Waals surface area contributed by atoms with Crippen LogP contribution < -0.4 is 10.1 Å². The molecule has 1 N–H and O–H groups in total. The van der Waals surface area contributed by atoms with Crippen molar-refractivity contribution in [2.45, 2.75) is 52.1 Å². The Hall–Kier alpha value is -2.75. The zero-order valence-electron chi connectivity index (χ0n) is 17.0. The van der Waals surface area contributed by atoms with Gasteiger partial charge in [-0.1, -0.05) is 51.1 Å². The summed E-state index contributed by atoms with van der Waals surface area (Å²) < 4.78 is 8.00. The van der Waals surface area contributed by atoms with E-state index in [0.717, 1.165) is 30.2 Å². The third-order valence-corrected chi connectivity index (χ3v) is 5.17. The number of hydrogen-bond donors (Lipinski definition) is 1. The average Bonchev–Trinajstić information content (AvgIpc) is 2.90. The van der Waals surface area contributed by atoms with Crippen LogP contribution >= 0.6 is 0 Å². The van der Waals surface area contributed by atoms with Gasteiger partial charge < -0.3 is 10.1 Å². The molecule has 0 aliphatic carbocycles. The van der Waals surface area contributed by atoms with Gasteiger partial charge in [0.25, 0.3) is 0 Å². The van der Waals surface area contributed by atoms with Gasteiger partial charge in [0.15, 0.2) is 0 Å². The lowest BCUT2D eigenvalue weighted by molar-refractivity contribution is 0.306. The Kier molecular flexibility index (Phi) is 5.12. The van der Waals surface area contributed by atoms with Crippen LogP contribution in [0.2, 0.25) is 0 Å². The summed E-state index contributed by atoms with van der Waals surface area (Å²) in [6.07, 6.45) is 3.50. The second-order valence-electron chi connectivity index (χ2n) is 8.49. The van der Waals surface area contributed by atoms with Crippen LogP contribution in [0.25, 0.3) is 5.69 Å². The number of benzene rings is 2. The zero-order valence-corrected chi connectivity index (χ0v) is 17.0. The van der Waals surface area contributed by atoms with E-state index in [1.807, 2.05) is 30.3 Å². The predicted molar refractivity (Wildman–Crippen MR) is 114 cm³/mol. The van der Waals surface area contributed by atoms with Gasteiger partial charge in [-0.25, -0.2) is 4.68 Å². The van der Waals surface area contributed by atoms with Crippen LogP contribution in [0, 0.1) is 0 Å². The van der Waals surface area contributed by atoms with E-state index in [-0.39, 0.29) is 5.41 Å². The number of aromatic nitrogens is 2. The molecule has 0 unspecified atom stereocenters. The van der Waals surface area contributed by atoms with E-state index >= 15 is 0 Å². The molecule has 0 bridgehead atoms. The minimum absolute atomic E-state index is 0.0279. The molecule has 4 heteroatoms. The molecule has 0 fully saturated rings. The van der Waals surface area contributed by atoms with Crippen molar-refractivity contribution in [3.63, 3.8) is 0 Å². The summed E-state index contributed by atoms with van der Waals surface area (Å²) in [7, 11) is 0. The quantitative estimate of drug-likeness (QED) is 0.655. The van der Waals surface area contributed by atoms with Gasteiger partial charge in [-0.15, -0.1) is 0 Å². The highest BCUT2D eigenvalue weighted by Crippen LogP contribution is 2.34. The molecular weight excluding hydrogens is 346 g/mol. The molecule has 4 rings (SSSR count). The first-order chi connectivity index (χ1) is 13.5. The summed E-state index contributed by atoms with van der Waals surface area (Å²) in [4.78, 5) is 0. The van der Waals surface area contributed by atoms with Crippen LogP contribution in [0.5, 0.6) is 5.75 Å². The van der Waals surface area contributed by atoms with Crippen LogP contribution in [0.4, 0.5) is 5.82 Å². The standard InChI is InChI=1S/C24H29N3O/c1-24(2,3)22-21-11-7-8-16-25-23(21)27(26-22)19-12-14-20(15-13-19)28-17-18-9-5-4-6-10-18/h4-6,9-10,12-15,25H,7-8,11,16-17H2,1-3H3. The molecule has 2 aromatic carbocycles. The van der Waals surface area contributed by atoms with Crippen LogP contribution in [-0.2, 0) is 18.4 Å². The van der Waals surface area contributed by atoms with Gasteiger partial charge >= 0.3 is 0 Å². The van der Waals surface area contributed by atoms with E-state index in [9.17, 15) is 0 Å². The van der Waals surface area contributed by atoms with Crippen LogP contribution in [0.15, 0.2) is 54.6 Å². The number of nitrogens with zero attached hydrogens (tertiary/aromatic N) is 2. The molecule has 0 saturated heterocycles. The first-order valence-corrected chi connectivity index (χ1v) is 10.2. The highest BCUT2D eigenvalue weighted by molar-refractivity contribution is 5.56. The second kappa shape index (κ2) is 7.70. The van der Waals surface area contributed by atoms with Gasteiger partial charge in [0.05, 0.1) is 11.4 Å². The SMILES string of the molecule is CC(C)(C)c1nn(-c2ccc(OCc3ccccc3)cc2)c2c1CCCCN2. The van der Waals surface area contributed by atoms with Crippen molar-refractivity contribution in [3.8, 4) is 11.4 Å². The van der Waals surface area contributed by atoms with E-state index in [0.29, 0.717) is 6.61 Å². The summed E-state index contributed by atoms with van der Waals surface area (Å²) >= 11 is 0. The number of rotatable bonds is 4. The highest BCUT2D eigenvalue weighted by atomic mass is 16.5. The summed E-state index contributed by atoms with van der Waals surface area (Å²) in [6, 6.07) is 18.5. The fraction of sp³-hybridized carbons (Fsp3) is 0.375. The molecule has 4 nitrogen and oxygen atoms in total. The van der Waals surface area contributed by atoms with Gasteiger partial charge in [0.1, 0.15) is 18.2 Å². The molecule has 0 radical (unpaired) electrons. The molecule has 1 aromatic heterocycles. The van der Waals surface area contributed by atoms with E-state index in [1.165, 1.54) is 29.7 Å². The summed E-state index contributed by atoms with van der Waals surface area (Å²) in [6.45, 7) is 8.30. The molecular formula is C24H29N3O. The average molecular weight is 376 g/mol. The maximum atomic E-state index is 5.93. The smallest absolute Gasteiger partial charge is 0.133 e. The lowest BCUT2D eigenvalue weighted by Gasteiger charge is -2.17. The minimum atomic E-state index is 0.0279. The lowest BCUT2D eigenvalue weighted by atomic mass is 9.88. The largest absolute Gasteiger partial charge is 0.489 e. The van der Waals surface area contributed by atoms with Crippen molar-refractivity contribution in [2.75, 3.05) is 11.9 Å². The lowest BCUT2D eigenvalue weighted by Crippen LogP contribution is -2.15. The Balaban J connectivity index is 1.59. The Morgan fingerprint density at radius 2 is 1.75 bits per heavy atom. The number of anilines is 1.